The molecule has 2 aliphatic heterocycles. The summed E-state index contributed by atoms with van der Waals surface area (Å²) in [5, 5.41) is 18.2. The number of β-lactam (4-membered cyclic amide) rings is 1. The molecule has 2 aliphatic rings. The molecule has 1 saturated heterocycles. The van der Waals surface area contributed by atoms with Crippen LogP contribution in [0.2, 0.25) is 0 Å². The van der Waals surface area contributed by atoms with Gasteiger partial charge in [-0.3, -0.25) is 28.4 Å². The summed E-state index contributed by atoms with van der Waals surface area (Å²) >= 11 is 2.20. The molecule has 0 radical (unpaired) electrons. The predicted octanol–water partition coefficient (Wildman–Crippen LogP) is 3.18. The summed E-state index contributed by atoms with van der Waals surface area (Å²) in [6, 6.07) is -1.12. The number of thioether (sulfide) groups is 1. The van der Waals surface area contributed by atoms with Crippen molar-refractivity contribution in [1.82, 2.24) is 15.2 Å². The Morgan fingerprint density at radius 3 is 2.08 bits per heavy atom. The molecule has 0 spiro atoms. The maximum atomic E-state index is 13.9. The van der Waals surface area contributed by atoms with Gasteiger partial charge in [0.2, 0.25) is 0 Å². The van der Waals surface area contributed by atoms with E-state index in [9.17, 15) is 33.4 Å². The van der Waals surface area contributed by atoms with Gasteiger partial charge < -0.3 is 25.3 Å². The zero-order valence-electron chi connectivity index (χ0n) is 29.5. The molecule has 53 heavy (non-hydrogen) atoms. The van der Waals surface area contributed by atoms with Gasteiger partial charge in [0, 0.05) is 30.2 Å². The molecule has 298 valence electrons. The molecule has 3 heterocycles. The minimum Gasteiger partial charge on any atom is -0.477 e. The normalized spacial score (nSPS) is 17.8. The van der Waals surface area contributed by atoms with Gasteiger partial charge in [-0.15, -0.1) is 41.8 Å². The number of aliphatic carboxylic acids is 1. The SMILES string of the molecule is CCOOP(=O)(OOCC)C(CCNc1nc(/C(=N/OC)C(=O)N[C@@H]2C(=O)N3C(C(=O)O)=C(COC(C)=O)CS[C@H]23)cs1)P(=O)(OOCC)OOCC. The first-order valence-electron chi connectivity index (χ1n) is 15.9. The van der Waals surface area contributed by atoms with Gasteiger partial charge in [0.05, 0.1) is 26.4 Å². The second-order valence-electron chi connectivity index (χ2n) is 10.3. The number of aromatic nitrogens is 1. The number of carboxylic acids is 1. The summed E-state index contributed by atoms with van der Waals surface area (Å²) in [5.74, 6) is -3.41. The number of rotatable bonds is 25. The lowest BCUT2D eigenvalue weighted by molar-refractivity contribution is -0.272. The number of nitrogens with one attached hydrogen (secondary N) is 2. The Bertz CT molecular complexity index is 1550. The molecule has 22 nitrogen and oxygen atoms in total. The molecule has 0 aliphatic carbocycles. The van der Waals surface area contributed by atoms with Gasteiger partial charge in [-0.1, -0.05) is 5.16 Å². The third kappa shape index (κ3) is 11.5. The van der Waals surface area contributed by atoms with Crippen LogP contribution in [-0.4, -0.2) is 114 Å². The maximum absolute atomic E-state index is 13.9. The highest BCUT2D eigenvalue weighted by atomic mass is 32.2. The fraction of sp³-hybridized carbons (Fsp3) is 0.630. The van der Waals surface area contributed by atoms with Crippen molar-refractivity contribution in [1.29, 1.82) is 0 Å². The number of anilines is 1. The number of fused-ring (bicyclic) bond motifs is 1. The summed E-state index contributed by atoms with van der Waals surface area (Å²) in [4.78, 5) is 79.5. The fourth-order valence-corrected chi connectivity index (χ4v) is 10.7. The first-order valence-corrected chi connectivity index (χ1v) is 21.0. The van der Waals surface area contributed by atoms with Crippen LogP contribution in [0.15, 0.2) is 21.8 Å². The highest BCUT2D eigenvalue weighted by Gasteiger charge is 2.56. The van der Waals surface area contributed by atoms with Crippen LogP contribution in [0.4, 0.5) is 5.13 Å². The maximum Gasteiger partial charge on any atom is 0.399 e. The minimum atomic E-state index is -4.62. The number of thiazole rings is 1. The van der Waals surface area contributed by atoms with E-state index in [0.717, 1.165) is 16.2 Å². The van der Waals surface area contributed by atoms with Gasteiger partial charge >= 0.3 is 27.1 Å². The number of nitrogens with zero attached hydrogens (tertiary/aromatic N) is 3. The van der Waals surface area contributed by atoms with E-state index in [-0.39, 0.29) is 79.6 Å². The lowest BCUT2D eigenvalue weighted by Crippen LogP contribution is -2.71. The van der Waals surface area contributed by atoms with Crippen molar-refractivity contribution in [2.75, 3.05) is 57.8 Å². The highest BCUT2D eigenvalue weighted by molar-refractivity contribution is 8.00. The lowest BCUT2D eigenvalue weighted by Gasteiger charge is -2.49. The third-order valence-corrected chi connectivity index (χ3v) is 13.7. The molecule has 2 atom stereocenters. The Labute approximate surface area is 311 Å². The zero-order valence-corrected chi connectivity index (χ0v) is 32.9. The summed E-state index contributed by atoms with van der Waals surface area (Å²) < 4.78 is 52.9. The second-order valence-corrected chi connectivity index (χ2v) is 16.6. The molecule has 3 rings (SSSR count). The van der Waals surface area contributed by atoms with Crippen molar-refractivity contribution in [3.05, 3.63) is 22.3 Å². The number of oxime groups is 1. The molecule has 1 aromatic rings. The van der Waals surface area contributed by atoms with Gasteiger partial charge in [-0.05, 0) is 34.1 Å². The average molecular weight is 834 g/mol. The van der Waals surface area contributed by atoms with Crippen LogP contribution in [0.3, 0.4) is 0 Å². The number of ether oxygens (including phenoxy) is 1. The molecule has 26 heteroatoms. The van der Waals surface area contributed by atoms with Crippen LogP contribution in [0.1, 0.15) is 46.7 Å². The smallest absolute Gasteiger partial charge is 0.399 e. The van der Waals surface area contributed by atoms with Crippen molar-refractivity contribution in [2.45, 2.75) is 57.9 Å². The summed E-state index contributed by atoms with van der Waals surface area (Å²) in [6.07, 6.45) is -0.321. The number of carbonyl (C=O) groups is 4. The molecule has 1 aromatic heterocycles. The predicted molar refractivity (Wildman–Crippen MR) is 185 cm³/mol. The van der Waals surface area contributed by atoms with Gasteiger partial charge in [0.15, 0.2) is 16.2 Å². The first-order chi connectivity index (χ1) is 25.3. The van der Waals surface area contributed by atoms with Gasteiger partial charge in [0.1, 0.15) is 36.5 Å². The Hall–Kier alpha value is -2.99. The van der Waals surface area contributed by atoms with E-state index in [1.54, 1.807) is 27.7 Å². The fourth-order valence-electron chi connectivity index (χ4n) is 4.48. The van der Waals surface area contributed by atoms with Crippen LogP contribution < -0.4 is 10.6 Å². The van der Waals surface area contributed by atoms with Crippen molar-refractivity contribution in [3.63, 3.8) is 0 Å². The Kier molecular flexibility index (Phi) is 17.8. The van der Waals surface area contributed by atoms with E-state index in [4.69, 9.17) is 47.8 Å². The molecule has 0 bridgehead atoms. The molecule has 3 N–H and O–H groups in total. The van der Waals surface area contributed by atoms with E-state index in [2.05, 4.69) is 20.8 Å². The van der Waals surface area contributed by atoms with Crippen LogP contribution in [0, 0.1) is 0 Å². The third-order valence-electron chi connectivity index (χ3n) is 6.64. The first kappa shape index (κ1) is 44.4. The summed E-state index contributed by atoms with van der Waals surface area (Å²) in [6.45, 7) is 6.64. The Balaban J connectivity index is 1.77. The van der Waals surface area contributed by atoms with E-state index >= 15 is 0 Å². The summed E-state index contributed by atoms with van der Waals surface area (Å²) in [5.41, 5.74) is -0.367. The van der Waals surface area contributed by atoms with Crippen molar-refractivity contribution < 1.29 is 81.2 Å². The van der Waals surface area contributed by atoms with E-state index in [0.29, 0.717) is 0 Å². The number of hydrogen-bond acceptors (Lipinski definition) is 21. The highest BCUT2D eigenvalue weighted by Crippen LogP contribution is 2.71. The van der Waals surface area contributed by atoms with Crippen molar-refractivity contribution in [3.8, 4) is 0 Å². The Morgan fingerprint density at radius 2 is 1.58 bits per heavy atom. The van der Waals surface area contributed by atoms with Crippen LogP contribution in [0.5, 0.6) is 0 Å². The lowest BCUT2D eigenvalue weighted by atomic mass is 10.0. The average Bonchev–Trinajstić information content (AvgIpc) is 3.61. The molecule has 0 aromatic carbocycles. The second kappa shape index (κ2) is 21.2. The molecular weight excluding hydrogens is 792 g/mol. The Morgan fingerprint density at radius 1 is 1.02 bits per heavy atom. The number of hydrogen-bond donors (Lipinski definition) is 3. The van der Waals surface area contributed by atoms with Crippen molar-refractivity contribution in [2.24, 2.45) is 5.16 Å². The van der Waals surface area contributed by atoms with Crippen molar-refractivity contribution >= 4 is 72.9 Å². The summed E-state index contributed by atoms with van der Waals surface area (Å²) in [7, 11) is -8.04. The number of carbonyl (C=O) groups excluding carboxylic acids is 3. The quantitative estimate of drug-likeness (QED) is 0.0319. The number of amides is 2. The molecular formula is C27H41N5O17P2S2. The van der Waals surface area contributed by atoms with Gasteiger partial charge in [-0.25, -0.2) is 29.3 Å². The van der Waals surface area contributed by atoms with E-state index in [1.165, 1.54) is 31.2 Å². The van der Waals surface area contributed by atoms with Gasteiger partial charge in [0.25, 0.3) is 11.8 Å². The monoisotopic (exact) mass is 833 g/mol. The zero-order chi connectivity index (χ0) is 39.2. The molecule has 1 fully saturated rings. The minimum absolute atomic E-state index is 0.0261. The molecule has 2 amide bonds. The largest absolute Gasteiger partial charge is 0.477 e. The van der Waals surface area contributed by atoms with Crippen LogP contribution in [0.25, 0.3) is 0 Å². The number of carboxylic acid groups (broad SMARTS) is 1. The molecule has 0 saturated carbocycles. The van der Waals surface area contributed by atoms with E-state index < -0.39 is 55.8 Å². The van der Waals surface area contributed by atoms with Gasteiger partial charge in [-0.2, -0.15) is 0 Å². The topological polar surface area (TPSA) is 268 Å². The van der Waals surface area contributed by atoms with Crippen LogP contribution >= 0.6 is 38.3 Å². The van der Waals surface area contributed by atoms with Crippen LogP contribution in [-0.2, 0) is 76.1 Å². The standard InChI is InChI=1S/C27H41N5O17P2S2/c1-7-42-46-50(38,47-43-8-2)19(51(39,48-44-9-3)49-45-10-4)11-12-28-27-29-18(15-53-27)20(31-40-6)23(34)30-21-24(35)32-22(26(36)37)17(13-41-16(5)33)14-52-25(21)32/h15,19,21,25H,7-14H2,1-6H3,(H,28,29)(H,30,34)(H,36,37)/b31-20-/t21-,25-/m1/s1. The molecule has 0 unspecified atom stereocenters. The number of esters is 1. The van der Waals surface area contributed by atoms with E-state index in [1.807, 2.05) is 0 Å².